The molecule has 1 amide bonds. The van der Waals surface area contributed by atoms with Crippen LogP contribution in [-0.2, 0) is 4.79 Å². The lowest BCUT2D eigenvalue weighted by atomic mass is 9.83. The van der Waals surface area contributed by atoms with Gasteiger partial charge in [0.2, 0.25) is 5.91 Å². The number of amides is 1. The number of hydrogen-bond acceptors (Lipinski definition) is 1. The number of primary amides is 1. The van der Waals surface area contributed by atoms with Crippen LogP contribution in [0.25, 0.3) is 0 Å². The van der Waals surface area contributed by atoms with Gasteiger partial charge >= 0.3 is 0 Å². The van der Waals surface area contributed by atoms with E-state index >= 15 is 0 Å². The van der Waals surface area contributed by atoms with Gasteiger partial charge in [-0.15, -0.1) is 0 Å². The van der Waals surface area contributed by atoms with Crippen molar-refractivity contribution in [1.29, 1.82) is 0 Å². The first-order valence-electron chi connectivity index (χ1n) is 4.25. The summed E-state index contributed by atoms with van der Waals surface area (Å²) < 4.78 is 0. The summed E-state index contributed by atoms with van der Waals surface area (Å²) in [5.41, 5.74) is 5.32. The molecule has 3 atom stereocenters. The summed E-state index contributed by atoms with van der Waals surface area (Å²) in [6.45, 7) is 0. The van der Waals surface area contributed by atoms with Crippen LogP contribution >= 0.6 is 0 Å². The Hall–Kier alpha value is -0.790. The van der Waals surface area contributed by atoms with Gasteiger partial charge in [-0.3, -0.25) is 4.79 Å². The van der Waals surface area contributed by atoms with Gasteiger partial charge in [-0.1, -0.05) is 12.2 Å². The fourth-order valence-corrected chi connectivity index (χ4v) is 2.47. The molecule has 1 fully saturated rings. The van der Waals surface area contributed by atoms with Crippen molar-refractivity contribution in [2.24, 2.45) is 23.5 Å². The summed E-state index contributed by atoms with van der Waals surface area (Å²) in [4.78, 5) is 11.0. The third-order valence-corrected chi connectivity index (χ3v) is 2.99. The number of allylic oxidation sites excluding steroid dienone is 2. The van der Waals surface area contributed by atoms with Gasteiger partial charge in [0.25, 0.3) is 0 Å². The lowest BCUT2D eigenvalue weighted by Gasteiger charge is -2.22. The normalized spacial score (nSPS) is 40.9. The predicted octanol–water partition coefficient (Wildman–Crippen LogP) is 1.07. The molecule has 0 aromatic rings. The minimum Gasteiger partial charge on any atom is -0.369 e. The standard InChI is InChI=1S/C9H13NO/c10-9(11)8-6-2-1-3-7(8)5-4-6/h1-2,6-8H,3-5H2,(H2,10,11). The fraction of sp³-hybridized carbons (Fsp3) is 0.667. The quantitative estimate of drug-likeness (QED) is 0.560. The van der Waals surface area contributed by atoms with E-state index in [0.717, 1.165) is 12.8 Å². The third-order valence-electron chi connectivity index (χ3n) is 2.99. The van der Waals surface area contributed by atoms with Crippen LogP contribution in [0.4, 0.5) is 0 Å². The monoisotopic (exact) mass is 151 g/mol. The number of nitrogens with two attached hydrogens (primary N) is 1. The van der Waals surface area contributed by atoms with Crippen molar-refractivity contribution in [3.63, 3.8) is 0 Å². The van der Waals surface area contributed by atoms with E-state index in [9.17, 15) is 4.79 Å². The van der Waals surface area contributed by atoms with Gasteiger partial charge in [-0.25, -0.2) is 0 Å². The maximum absolute atomic E-state index is 11.0. The van der Waals surface area contributed by atoms with Crippen LogP contribution in [0, 0.1) is 17.8 Å². The highest BCUT2D eigenvalue weighted by molar-refractivity contribution is 5.78. The molecule has 2 N–H and O–H groups in total. The molecule has 0 radical (unpaired) electrons. The van der Waals surface area contributed by atoms with Gasteiger partial charge in [0.15, 0.2) is 0 Å². The van der Waals surface area contributed by atoms with Crippen LogP contribution in [0.5, 0.6) is 0 Å². The topological polar surface area (TPSA) is 43.1 Å². The van der Waals surface area contributed by atoms with E-state index in [2.05, 4.69) is 12.2 Å². The molecule has 2 aliphatic carbocycles. The minimum absolute atomic E-state index is 0.0955. The highest BCUT2D eigenvalue weighted by atomic mass is 16.1. The Kier molecular flexibility index (Phi) is 1.48. The smallest absolute Gasteiger partial charge is 0.221 e. The van der Waals surface area contributed by atoms with E-state index in [-0.39, 0.29) is 11.8 Å². The summed E-state index contributed by atoms with van der Waals surface area (Å²) >= 11 is 0. The van der Waals surface area contributed by atoms with Crippen LogP contribution in [0.3, 0.4) is 0 Å². The number of carbonyl (C=O) groups excluding carboxylic acids is 1. The zero-order valence-electron chi connectivity index (χ0n) is 6.49. The van der Waals surface area contributed by atoms with Gasteiger partial charge in [0.1, 0.15) is 0 Å². The summed E-state index contributed by atoms with van der Waals surface area (Å²) in [7, 11) is 0. The molecule has 1 saturated carbocycles. The molecule has 0 saturated heterocycles. The van der Waals surface area contributed by atoms with Gasteiger partial charge < -0.3 is 5.73 Å². The Morgan fingerprint density at radius 1 is 1.45 bits per heavy atom. The molecule has 60 valence electrons. The van der Waals surface area contributed by atoms with Crippen LogP contribution in [0.1, 0.15) is 19.3 Å². The van der Waals surface area contributed by atoms with Gasteiger partial charge in [-0.05, 0) is 31.1 Å². The van der Waals surface area contributed by atoms with Gasteiger partial charge in [0.05, 0.1) is 0 Å². The zero-order valence-corrected chi connectivity index (χ0v) is 6.49. The Morgan fingerprint density at radius 3 is 2.82 bits per heavy atom. The molecule has 0 spiro atoms. The first-order valence-corrected chi connectivity index (χ1v) is 4.25. The molecule has 2 heteroatoms. The summed E-state index contributed by atoms with van der Waals surface area (Å²) in [5.74, 6) is 1.08. The average Bonchev–Trinajstić information content (AvgIpc) is 2.23. The van der Waals surface area contributed by atoms with E-state index in [4.69, 9.17) is 5.73 Å². The lowest BCUT2D eigenvalue weighted by Crippen LogP contribution is -2.31. The fourth-order valence-electron chi connectivity index (χ4n) is 2.47. The highest BCUT2D eigenvalue weighted by Crippen LogP contribution is 2.42. The van der Waals surface area contributed by atoms with Crippen molar-refractivity contribution < 1.29 is 4.79 Å². The maximum atomic E-state index is 11.0. The van der Waals surface area contributed by atoms with Crippen molar-refractivity contribution >= 4 is 5.91 Å². The second-order valence-corrected chi connectivity index (χ2v) is 3.59. The molecule has 2 aliphatic rings. The summed E-state index contributed by atoms with van der Waals surface area (Å²) in [5, 5.41) is 0. The molecule has 2 rings (SSSR count). The number of fused-ring (bicyclic) bond motifs is 2. The summed E-state index contributed by atoms with van der Waals surface area (Å²) in [6.07, 6.45) is 7.77. The molecular weight excluding hydrogens is 138 g/mol. The molecule has 11 heavy (non-hydrogen) atoms. The predicted molar refractivity (Wildman–Crippen MR) is 42.7 cm³/mol. The molecule has 2 bridgehead atoms. The van der Waals surface area contributed by atoms with E-state index in [1.807, 2.05) is 0 Å². The van der Waals surface area contributed by atoms with Crippen LogP contribution in [0.15, 0.2) is 12.2 Å². The Balaban J connectivity index is 2.23. The molecule has 0 aliphatic heterocycles. The van der Waals surface area contributed by atoms with Crippen LogP contribution in [0.2, 0.25) is 0 Å². The molecular formula is C9H13NO. The first kappa shape index (κ1) is 6.89. The first-order chi connectivity index (χ1) is 5.29. The minimum atomic E-state index is -0.0955. The average molecular weight is 151 g/mol. The van der Waals surface area contributed by atoms with Crippen molar-refractivity contribution in [2.75, 3.05) is 0 Å². The zero-order chi connectivity index (χ0) is 7.84. The van der Waals surface area contributed by atoms with Gasteiger partial charge in [-0.2, -0.15) is 0 Å². The number of rotatable bonds is 1. The van der Waals surface area contributed by atoms with E-state index in [1.165, 1.54) is 6.42 Å². The van der Waals surface area contributed by atoms with Crippen LogP contribution in [-0.4, -0.2) is 5.91 Å². The number of carbonyl (C=O) groups is 1. The molecule has 0 aromatic carbocycles. The van der Waals surface area contributed by atoms with Crippen LogP contribution < -0.4 is 5.73 Å². The second kappa shape index (κ2) is 2.36. The highest BCUT2D eigenvalue weighted by Gasteiger charge is 2.39. The van der Waals surface area contributed by atoms with E-state index in [1.54, 1.807) is 0 Å². The Labute approximate surface area is 66.5 Å². The summed E-state index contributed by atoms with van der Waals surface area (Å²) in [6, 6.07) is 0. The van der Waals surface area contributed by atoms with E-state index < -0.39 is 0 Å². The van der Waals surface area contributed by atoms with Gasteiger partial charge in [0, 0.05) is 5.92 Å². The third kappa shape index (κ3) is 0.971. The SMILES string of the molecule is NC(=O)C1C2C=CCC1CC2. The van der Waals surface area contributed by atoms with Crippen molar-refractivity contribution in [2.45, 2.75) is 19.3 Å². The molecule has 0 aromatic heterocycles. The van der Waals surface area contributed by atoms with Crippen molar-refractivity contribution in [1.82, 2.24) is 0 Å². The Morgan fingerprint density at radius 2 is 2.27 bits per heavy atom. The molecule has 2 nitrogen and oxygen atoms in total. The van der Waals surface area contributed by atoms with Crippen molar-refractivity contribution in [3.8, 4) is 0 Å². The lowest BCUT2D eigenvalue weighted by molar-refractivity contribution is -0.123. The largest absolute Gasteiger partial charge is 0.369 e. The molecule has 3 unspecified atom stereocenters. The Bertz CT molecular complexity index is 210. The maximum Gasteiger partial charge on any atom is 0.221 e. The number of hydrogen-bond donors (Lipinski definition) is 1. The second-order valence-electron chi connectivity index (χ2n) is 3.59. The van der Waals surface area contributed by atoms with E-state index in [0.29, 0.717) is 11.8 Å². The molecule has 0 heterocycles. The van der Waals surface area contributed by atoms with Crippen molar-refractivity contribution in [3.05, 3.63) is 12.2 Å².